The first-order valence-corrected chi connectivity index (χ1v) is 7.08. The van der Waals surface area contributed by atoms with Crippen molar-refractivity contribution in [1.82, 2.24) is 4.90 Å². The molecule has 18 heavy (non-hydrogen) atoms. The molecule has 1 unspecified atom stereocenters. The second-order valence-electron chi connectivity index (χ2n) is 5.26. The molecule has 1 amide bonds. The summed E-state index contributed by atoms with van der Waals surface area (Å²) >= 11 is 0. The second-order valence-corrected chi connectivity index (χ2v) is 5.26. The first kappa shape index (κ1) is 15.0. The third-order valence-electron chi connectivity index (χ3n) is 3.83. The molecule has 0 bridgehead atoms. The van der Waals surface area contributed by atoms with Crippen molar-refractivity contribution in [3.05, 3.63) is 0 Å². The van der Waals surface area contributed by atoms with Crippen LogP contribution in [0.15, 0.2) is 0 Å². The van der Waals surface area contributed by atoms with E-state index in [1.165, 1.54) is 12.8 Å². The number of carbonyl (C=O) groups excluding carboxylic acids is 1. The smallest absolute Gasteiger partial charge is 0.305 e. The van der Waals surface area contributed by atoms with Crippen molar-refractivity contribution in [2.45, 2.75) is 64.8 Å². The highest BCUT2D eigenvalue weighted by atomic mass is 16.4. The molecule has 1 rings (SSSR count). The summed E-state index contributed by atoms with van der Waals surface area (Å²) < 4.78 is 0. The van der Waals surface area contributed by atoms with Gasteiger partial charge in [-0.15, -0.1) is 0 Å². The van der Waals surface area contributed by atoms with E-state index in [-0.39, 0.29) is 24.3 Å². The fourth-order valence-corrected chi connectivity index (χ4v) is 2.81. The molecular formula is C14H25NO3. The van der Waals surface area contributed by atoms with Gasteiger partial charge in [0.25, 0.3) is 0 Å². The van der Waals surface area contributed by atoms with E-state index in [1.54, 1.807) is 4.90 Å². The zero-order chi connectivity index (χ0) is 13.5. The Morgan fingerprint density at radius 3 is 2.22 bits per heavy atom. The number of amides is 1. The minimum absolute atomic E-state index is 0.0340. The largest absolute Gasteiger partial charge is 0.481 e. The zero-order valence-electron chi connectivity index (χ0n) is 11.5. The molecule has 1 atom stereocenters. The number of aliphatic carboxylic acids is 1. The van der Waals surface area contributed by atoms with E-state index < -0.39 is 5.97 Å². The Hall–Kier alpha value is -1.06. The summed E-state index contributed by atoms with van der Waals surface area (Å²) in [4.78, 5) is 24.9. The number of hydrogen-bond donors (Lipinski definition) is 1. The number of carbonyl (C=O) groups is 2. The van der Waals surface area contributed by atoms with E-state index in [4.69, 9.17) is 5.11 Å². The highest BCUT2D eigenvalue weighted by molar-refractivity contribution is 5.80. The average molecular weight is 255 g/mol. The fraction of sp³-hybridized carbons (Fsp3) is 0.857. The zero-order valence-corrected chi connectivity index (χ0v) is 11.5. The van der Waals surface area contributed by atoms with Crippen LogP contribution < -0.4 is 0 Å². The van der Waals surface area contributed by atoms with Crippen molar-refractivity contribution in [2.75, 3.05) is 6.54 Å². The maximum absolute atomic E-state index is 12.4. The standard InChI is InChI=1S/C14H25NO3/c1-3-15(11(2)10-13(16)17)14(18)12-8-6-4-5-7-9-12/h11-12H,3-10H2,1-2H3,(H,16,17). The molecule has 1 saturated carbocycles. The van der Waals surface area contributed by atoms with Gasteiger partial charge in [-0.2, -0.15) is 0 Å². The van der Waals surface area contributed by atoms with E-state index >= 15 is 0 Å². The van der Waals surface area contributed by atoms with Crippen LogP contribution in [0.25, 0.3) is 0 Å². The summed E-state index contributed by atoms with van der Waals surface area (Å²) in [5.74, 6) is -0.563. The van der Waals surface area contributed by atoms with Crippen molar-refractivity contribution in [1.29, 1.82) is 0 Å². The summed E-state index contributed by atoms with van der Waals surface area (Å²) in [5.41, 5.74) is 0. The molecule has 4 heteroatoms. The van der Waals surface area contributed by atoms with Crippen LogP contribution in [-0.4, -0.2) is 34.5 Å². The molecule has 0 heterocycles. The number of carboxylic acids is 1. The van der Waals surface area contributed by atoms with E-state index in [0.717, 1.165) is 25.7 Å². The maximum Gasteiger partial charge on any atom is 0.305 e. The SMILES string of the molecule is CCN(C(=O)C1CCCCCC1)C(C)CC(=O)O. The van der Waals surface area contributed by atoms with Crippen LogP contribution in [0.2, 0.25) is 0 Å². The number of rotatable bonds is 5. The molecule has 1 aliphatic rings. The van der Waals surface area contributed by atoms with Gasteiger partial charge in [0.2, 0.25) is 5.91 Å². The van der Waals surface area contributed by atoms with Gasteiger partial charge in [-0.25, -0.2) is 0 Å². The van der Waals surface area contributed by atoms with Crippen LogP contribution in [-0.2, 0) is 9.59 Å². The van der Waals surface area contributed by atoms with Gasteiger partial charge in [-0.1, -0.05) is 25.7 Å². The summed E-state index contributed by atoms with van der Waals surface area (Å²) in [6.07, 6.45) is 6.67. The molecule has 4 nitrogen and oxygen atoms in total. The predicted molar refractivity (Wildman–Crippen MR) is 70.3 cm³/mol. The van der Waals surface area contributed by atoms with Crippen molar-refractivity contribution in [3.8, 4) is 0 Å². The van der Waals surface area contributed by atoms with E-state index in [2.05, 4.69) is 0 Å². The van der Waals surface area contributed by atoms with Crippen LogP contribution in [0.4, 0.5) is 0 Å². The highest BCUT2D eigenvalue weighted by Gasteiger charge is 2.27. The monoisotopic (exact) mass is 255 g/mol. The van der Waals surface area contributed by atoms with Crippen molar-refractivity contribution in [3.63, 3.8) is 0 Å². The highest BCUT2D eigenvalue weighted by Crippen LogP contribution is 2.25. The van der Waals surface area contributed by atoms with Gasteiger partial charge in [0.15, 0.2) is 0 Å². The summed E-state index contributed by atoms with van der Waals surface area (Å²) in [5, 5.41) is 8.83. The van der Waals surface area contributed by atoms with Gasteiger partial charge in [-0.05, 0) is 26.7 Å². The van der Waals surface area contributed by atoms with E-state index in [0.29, 0.717) is 6.54 Å². The minimum Gasteiger partial charge on any atom is -0.481 e. The molecule has 1 N–H and O–H groups in total. The molecule has 1 aliphatic carbocycles. The van der Waals surface area contributed by atoms with Gasteiger partial charge in [0.1, 0.15) is 0 Å². The lowest BCUT2D eigenvalue weighted by Gasteiger charge is -2.30. The lowest BCUT2D eigenvalue weighted by molar-refractivity contribution is -0.142. The van der Waals surface area contributed by atoms with Crippen LogP contribution in [0.1, 0.15) is 58.8 Å². The molecule has 0 aliphatic heterocycles. The van der Waals surface area contributed by atoms with Gasteiger partial charge in [0.05, 0.1) is 6.42 Å². The van der Waals surface area contributed by atoms with E-state index in [1.807, 2.05) is 13.8 Å². The van der Waals surface area contributed by atoms with E-state index in [9.17, 15) is 9.59 Å². The summed E-state index contributed by atoms with van der Waals surface area (Å²) in [6, 6.07) is -0.205. The number of nitrogens with zero attached hydrogens (tertiary/aromatic N) is 1. The van der Waals surface area contributed by atoms with Crippen molar-refractivity contribution in [2.24, 2.45) is 5.92 Å². The Balaban J connectivity index is 2.62. The third-order valence-corrected chi connectivity index (χ3v) is 3.83. The predicted octanol–water partition coefficient (Wildman–Crippen LogP) is 2.67. The summed E-state index contributed by atoms with van der Waals surface area (Å²) in [6.45, 7) is 4.35. The normalized spacial score (nSPS) is 19.0. The molecule has 0 radical (unpaired) electrons. The number of carboxylic acid groups (broad SMARTS) is 1. The Labute approximate surface area is 109 Å². The van der Waals surface area contributed by atoms with Crippen LogP contribution >= 0.6 is 0 Å². The fourth-order valence-electron chi connectivity index (χ4n) is 2.81. The van der Waals surface area contributed by atoms with Gasteiger partial charge < -0.3 is 10.0 Å². The Bertz CT molecular complexity index is 283. The average Bonchev–Trinajstić information content (AvgIpc) is 2.57. The Morgan fingerprint density at radius 2 is 1.78 bits per heavy atom. The molecule has 0 saturated heterocycles. The number of hydrogen-bond acceptors (Lipinski definition) is 2. The first-order valence-electron chi connectivity index (χ1n) is 7.08. The Morgan fingerprint density at radius 1 is 1.22 bits per heavy atom. The molecule has 0 aromatic heterocycles. The quantitative estimate of drug-likeness (QED) is 0.768. The minimum atomic E-state index is -0.838. The van der Waals surface area contributed by atoms with Crippen LogP contribution in [0.3, 0.4) is 0 Å². The maximum atomic E-state index is 12.4. The van der Waals surface area contributed by atoms with Crippen LogP contribution in [0, 0.1) is 5.92 Å². The Kier molecular flexibility index (Phi) is 6.16. The van der Waals surface area contributed by atoms with Crippen molar-refractivity contribution < 1.29 is 14.7 Å². The van der Waals surface area contributed by atoms with Gasteiger partial charge >= 0.3 is 5.97 Å². The third kappa shape index (κ3) is 4.31. The molecule has 0 aromatic carbocycles. The van der Waals surface area contributed by atoms with Crippen LogP contribution in [0.5, 0.6) is 0 Å². The molecular weight excluding hydrogens is 230 g/mol. The molecule has 0 aromatic rings. The molecule has 1 fully saturated rings. The van der Waals surface area contributed by atoms with Crippen molar-refractivity contribution >= 4 is 11.9 Å². The first-order chi connectivity index (χ1) is 8.56. The summed E-state index contributed by atoms with van der Waals surface area (Å²) in [7, 11) is 0. The van der Waals surface area contributed by atoms with Gasteiger partial charge in [0, 0.05) is 18.5 Å². The topological polar surface area (TPSA) is 57.6 Å². The van der Waals surface area contributed by atoms with Gasteiger partial charge in [-0.3, -0.25) is 9.59 Å². The second kappa shape index (κ2) is 7.39. The lowest BCUT2D eigenvalue weighted by atomic mass is 9.97. The molecule has 0 spiro atoms. The molecule has 104 valence electrons. The lowest BCUT2D eigenvalue weighted by Crippen LogP contribution is -2.43.